The van der Waals surface area contributed by atoms with Crippen molar-refractivity contribution in [2.24, 2.45) is 4.99 Å². The van der Waals surface area contributed by atoms with E-state index in [1.54, 1.807) is 7.05 Å². The average molecular weight is 280 g/mol. The largest absolute Gasteiger partial charge is 0.378 e. The summed E-state index contributed by atoms with van der Waals surface area (Å²) in [5, 5.41) is 6.61. The Morgan fingerprint density at radius 3 is 2.74 bits per heavy atom. The maximum absolute atomic E-state index is 4.21. The van der Waals surface area contributed by atoms with Gasteiger partial charge in [-0.15, -0.1) is 0 Å². The number of nitrogens with one attached hydrogen (secondary N) is 2. The summed E-state index contributed by atoms with van der Waals surface area (Å²) >= 11 is 1.82. The van der Waals surface area contributed by atoms with Gasteiger partial charge in [0.25, 0.3) is 0 Å². The van der Waals surface area contributed by atoms with E-state index in [9.17, 15) is 0 Å². The molecule has 4 nitrogen and oxygen atoms in total. The van der Waals surface area contributed by atoms with E-state index < -0.39 is 0 Å². The Kier molecular flexibility index (Phi) is 7.18. The summed E-state index contributed by atoms with van der Waals surface area (Å²) in [4.78, 5) is 6.31. The first kappa shape index (κ1) is 15.7. The molecule has 0 aliphatic heterocycles. The normalized spacial score (nSPS) is 11.3. The quantitative estimate of drug-likeness (QED) is 0.473. The fraction of sp³-hybridized carbons (Fsp3) is 0.500. The third kappa shape index (κ3) is 5.87. The van der Waals surface area contributed by atoms with Crippen LogP contribution in [0.2, 0.25) is 0 Å². The predicted molar refractivity (Wildman–Crippen MR) is 87.4 cm³/mol. The van der Waals surface area contributed by atoms with Crippen molar-refractivity contribution in [3.8, 4) is 0 Å². The molecular formula is C14H24N4S. The van der Waals surface area contributed by atoms with Crippen LogP contribution in [0.25, 0.3) is 0 Å². The number of anilines is 1. The van der Waals surface area contributed by atoms with E-state index in [1.807, 2.05) is 11.8 Å². The van der Waals surface area contributed by atoms with Gasteiger partial charge < -0.3 is 15.5 Å². The average Bonchev–Trinajstić information content (AvgIpc) is 2.43. The van der Waals surface area contributed by atoms with Crippen LogP contribution in [-0.4, -0.2) is 45.7 Å². The fourth-order valence-corrected chi connectivity index (χ4v) is 1.93. The molecule has 1 aromatic carbocycles. The van der Waals surface area contributed by atoms with Gasteiger partial charge in [0.2, 0.25) is 0 Å². The zero-order valence-electron chi connectivity index (χ0n) is 12.2. The van der Waals surface area contributed by atoms with E-state index in [1.165, 1.54) is 11.3 Å². The second-order valence-corrected chi connectivity index (χ2v) is 5.40. The molecule has 0 amide bonds. The minimum atomic E-state index is 0.778. The van der Waals surface area contributed by atoms with Gasteiger partial charge in [-0.3, -0.25) is 4.99 Å². The van der Waals surface area contributed by atoms with Crippen molar-refractivity contribution in [2.75, 3.05) is 44.6 Å². The van der Waals surface area contributed by atoms with Crippen LogP contribution in [0.3, 0.4) is 0 Å². The standard InChI is InChI=1S/C14H24N4S/c1-15-14(16-8-9-19-4)17-11-12-6-5-7-13(10-12)18(2)3/h5-7,10H,8-9,11H2,1-4H3,(H2,15,16,17). The summed E-state index contributed by atoms with van der Waals surface area (Å²) in [6.45, 7) is 1.71. The van der Waals surface area contributed by atoms with E-state index in [0.717, 1.165) is 24.8 Å². The van der Waals surface area contributed by atoms with Gasteiger partial charge in [0.1, 0.15) is 0 Å². The molecule has 0 unspecified atom stereocenters. The van der Waals surface area contributed by atoms with Crippen molar-refractivity contribution < 1.29 is 0 Å². The number of benzene rings is 1. The minimum absolute atomic E-state index is 0.778. The molecule has 0 spiro atoms. The van der Waals surface area contributed by atoms with Gasteiger partial charge in [-0.2, -0.15) is 11.8 Å². The Morgan fingerprint density at radius 2 is 2.11 bits per heavy atom. The van der Waals surface area contributed by atoms with Crippen LogP contribution in [0.15, 0.2) is 29.3 Å². The number of thioether (sulfide) groups is 1. The van der Waals surface area contributed by atoms with Crippen LogP contribution < -0.4 is 15.5 Å². The molecule has 0 atom stereocenters. The molecule has 0 saturated carbocycles. The number of hydrogen-bond donors (Lipinski definition) is 2. The maximum Gasteiger partial charge on any atom is 0.191 e. The molecule has 0 fully saturated rings. The molecule has 2 N–H and O–H groups in total. The molecule has 5 heteroatoms. The Balaban J connectivity index is 2.48. The van der Waals surface area contributed by atoms with Crippen LogP contribution in [0.1, 0.15) is 5.56 Å². The first-order valence-electron chi connectivity index (χ1n) is 6.37. The van der Waals surface area contributed by atoms with Crippen molar-refractivity contribution in [1.29, 1.82) is 0 Å². The highest BCUT2D eigenvalue weighted by Gasteiger charge is 2.00. The topological polar surface area (TPSA) is 39.7 Å². The van der Waals surface area contributed by atoms with Crippen molar-refractivity contribution in [2.45, 2.75) is 6.54 Å². The second kappa shape index (κ2) is 8.69. The number of aliphatic imine (C=N–C) groups is 1. The summed E-state index contributed by atoms with van der Waals surface area (Å²) in [5.74, 6) is 1.93. The third-order valence-corrected chi connectivity index (χ3v) is 3.32. The van der Waals surface area contributed by atoms with Gasteiger partial charge in [-0.25, -0.2) is 0 Å². The maximum atomic E-state index is 4.21. The Morgan fingerprint density at radius 1 is 1.32 bits per heavy atom. The molecule has 1 rings (SSSR count). The van der Waals surface area contributed by atoms with Crippen molar-refractivity contribution in [3.05, 3.63) is 29.8 Å². The molecule has 0 aliphatic carbocycles. The molecule has 106 valence electrons. The van der Waals surface area contributed by atoms with E-state index in [4.69, 9.17) is 0 Å². The highest BCUT2D eigenvalue weighted by molar-refractivity contribution is 7.98. The smallest absolute Gasteiger partial charge is 0.191 e. The molecule has 0 aromatic heterocycles. The zero-order valence-corrected chi connectivity index (χ0v) is 13.0. The van der Waals surface area contributed by atoms with Crippen LogP contribution in [-0.2, 0) is 6.54 Å². The van der Waals surface area contributed by atoms with Gasteiger partial charge in [-0.1, -0.05) is 12.1 Å². The lowest BCUT2D eigenvalue weighted by atomic mass is 10.2. The van der Waals surface area contributed by atoms with Crippen LogP contribution >= 0.6 is 11.8 Å². The van der Waals surface area contributed by atoms with Gasteiger partial charge in [0.15, 0.2) is 5.96 Å². The fourth-order valence-electron chi connectivity index (χ4n) is 1.62. The summed E-state index contributed by atoms with van der Waals surface area (Å²) in [5.41, 5.74) is 2.46. The monoisotopic (exact) mass is 280 g/mol. The summed E-state index contributed by atoms with van der Waals surface area (Å²) < 4.78 is 0. The minimum Gasteiger partial charge on any atom is -0.378 e. The highest BCUT2D eigenvalue weighted by Crippen LogP contribution is 2.12. The van der Waals surface area contributed by atoms with Crippen LogP contribution in [0.5, 0.6) is 0 Å². The highest BCUT2D eigenvalue weighted by atomic mass is 32.2. The molecule has 0 saturated heterocycles. The van der Waals surface area contributed by atoms with Gasteiger partial charge in [0.05, 0.1) is 0 Å². The number of guanidine groups is 1. The number of hydrogen-bond acceptors (Lipinski definition) is 3. The Labute approximate surface area is 120 Å². The molecule has 0 heterocycles. The Bertz CT molecular complexity index is 404. The van der Waals surface area contributed by atoms with Crippen LogP contribution in [0.4, 0.5) is 5.69 Å². The summed E-state index contributed by atoms with van der Waals surface area (Å²) in [6.07, 6.45) is 2.10. The van der Waals surface area contributed by atoms with Crippen molar-refractivity contribution in [3.63, 3.8) is 0 Å². The molecular weight excluding hydrogens is 256 g/mol. The molecule has 0 bridgehead atoms. The zero-order chi connectivity index (χ0) is 14.1. The van der Waals surface area contributed by atoms with Crippen molar-refractivity contribution in [1.82, 2.24) is 10.6 Å². The molecule has 19 heavy (non-hydrogen) atoms. The SMILES string of the molecule is CN=C(NCCSC)NCc1cccc(N(C)C)c1. The lowest BCUT2D eigenvalue weighted by Crippen LogP contribution is -2.37. The first-order chi connectivity index (χ1) is 9.17. The number of nitrogens with zero attached hydrogens (tertiary/aromatic N) is 2. The lowest BCUT2D eigenvalue weighted by Gasteiger charge is -2.15. The second-order valence-electron chi connectivity index (χ2n) is 4.41. The van der Waals surface area contributed by atoms with E-state index >= 15 is 0 Å². The summed E-state index contributed by atoms with van der Waals surface area (Å²) in [6, 6.07) is 8.49. The lowest BCUT2D eigenvalue weighted by molar-refractivity contribution is 0.832. The van der Waals surface area contributed by atoms with Gasteiger partial charge >= 0.3 is 0 Å². The third-order valence-electron chi connectivity index (χ3n) is 2.71. The first-order valence-corrected chi connectivity index (χ1v) is 7.76. The molecule has 0 aliphatic rings. The molecule has 1 aromatic rings. The summed E-state index contributed by atoms with van der Waals surface area (Å²) in [7, 11) is 5.90. The van der Waals surface area contributed by atoms with Crippen LogP contribution in [0, 0.1) is 0 Å². The van der Waals surface area contributed by atoms with Gasteiger partial charge in [0, 0.05) is 45.7 Å². The predicted octanol–water partition coefficient (Wildman–Crippen LogP) is 1.78. The van der Waals surface area contributed by atoms with E-state index in [0.29, 0.717) is 0 Å². The Hall–Kier alpha value is -1.36. The van der Waals surface area contributed by atoms with E-state index in [2.05, 4.69) is 65.1 Å². The molecule has 0 radical (unpaired) electrons. The number of rotatable bonds is 6. The van der Waals surface area contributed by atoms with Gasteiger partial charge in [-0.05, 0) is 24.0 Å². The van der Waals surface area contributed by atoms with Crippen molar-refractivity contribution >= 4 is 23.4 Å². The van der Waals surface area contributed by atoms with E-state index in [-0.39, 0.29) is 0 Å².